The molecule has 3 nitrogen and oxygen atoms in total. The SMILES string of the molecule is C=CCc1cc(C(=O)N[C@@H](CC)c2ccc(C)cc2C)ccc1OC. The Morgan fingerprint density at radius 3 is 2.60 bits per heavy atom. The lowest BCUT2D eigenvalue weighted by molar-refractivity contribution is 0.0935. The van der Waals surface area contributed by atoms with Gasteiger partial charge in [0, 0.05) is 5.56 Å². The zero-order chi connectivity index (χ0) is 18.4. The van der Waals surface area contributed by atoms with Crippen molar-refractivity contribution in [2.75, 3.05) is 7.11 Å². The minimum absolute atomic E-state index is 0.00180. The van der Waals surface area contributed by atoms with Crippen LogP contribution in [-0.2, 0) is 6.42 Å². The fraction of sp³-hybridized carbons (Fsp3) is 0.318. The van der Waals surface area contributed by atoms with Crippen molar-refractivity contribution in [3.05, 3.63) is 76.9 Å². The van der Waals surface area contributed by atoms with Gasteiger partial charge in [-0.3, -0.25) is 4.79 Å². The summed E-state index contributed by atoms with van der Waals surface area (Å²) in [5.74, 6) is 0.706. The van der Waals surface area contributed by atoms with Crippen molar-refractivity contribution in [2.45, 2.75) is 39.7 Å². The molecular formula is C22H27NO2. The van der Waals surface area contributed by atoms with Gasteiger partial charge in [-0.1, -0.05) is 36.8 Å². The molecule has 3 heteroatoms. The summed E-state index contributed by atoms with van der Waals surface area (Å²) in [6.45, 7) is 10.0. The summed E-state index contributed by atoms with van der Waals surface area (Å²) in [5.41, 5.74) is 5.20. The zero-order valence-electron chi connectivity index (χ0n) is 15.6. The first-order valence-electron chi connectivity index (χ1n) is 8.66. The van der Waals surface area contributed by atoms with E-state index in [0.717, 1.165) is 17.7 Å². The molecule has 0 aliphatic carbocycles. The molecule has 0 spiro atoms. The van der Waals surface area contributed by atoms with Crippen LogP contribution < -0.4 is 10.1 Å². The van der Waals surface area contributed by atoms with Gasteiger partial charge in [0.25, 0.3) is 5.91 Å². The van der Waals surface area contributed by atoms with Gasteiger partial charge >= 0.3 is 0 Å². The molecule has 0 bridgehead atoms. The lowest BCUT2D eigenvalue weighted by Gasteiger charge is -2.20. The van der Waals surface area contributed by atoms with Crippen LogP contribution in [0, 0.1) is 13.8 Å². The number of nitrogens with one attached hydrogen (secondary N) is 1. The highest BCUT2D eigenvalue weighted by Crippen LogP contribution is 2.24. The van der Waals surface area contributed by atoms with Crippen LogP contribution in [0.5, 0.6) is 5.75 Å². The molecule has 0 aromatic heterocycles. The van der Waals surface area contributed by atoms with Crippen molar-refractivity contribution in [2.24, 2.45) is 0 Å². The van der Waals surface area contributed by atoms with Crippen molar-refractivity contribution in [1.29, 1.82) is 0 Å². The lowest BCUT2D eigenvalue weighted by atomic mass is 9.97. The van der Waals surface area contributed by atoms with Gasteiger partial charge in [0.05, 0.1) is 13.2 Å². The molecule has 1 atom stereocenters. The predicted octanol–water partition coefficient (Wildman–Crippen LogP) is 4.92. The maximum atomic E-state index is 12.7. The standard InChI is InChI=1S/C22H27NO2/c1-6-8-17-14-18(10-12-21(17)25-5)22(24)23-20(7-2)19-11-9-15(3)13-16(19)4/h6,9-14,20H,1,7-8H2,2-5H3,(H,23,24)/t20-/m0/s1. The van der Waals surface area contributed by atoms with E-state index in [1.807, 2.05) is 18.2 Å². The number of methoxy groups -OCH3 is 1. The highest BCUT2D eigenvalue weighted by atomic mass is 16.5. The Labute approximate surface area is 150 Å². The fourth-order valence-corrected chi connectivity index (χ4v) is 3.09. The predicted molar refractivity (Wildman–Crippen MR) is 103 cm³/mol. The average molecular weight is 337 g/mol. The number of hydrogen-bond donors (Lipinski definition) is 1. The Morgan fingerprint density at radius 2 is 2.00 bits per heavy atom. The van der Waals surface area contributed by atoms with Gasteiger partial charge in [0.15, 0.2) is 0 Å². The first-order chi connectivity index (χ1) is 12.0. The van der Waals surface area contributed by atoms with Crippen molar-refractivity contribution in [1.82, 2.24) is 5.32 Å². The molecule has 1 amide bonds. The smallest absolute Gasteiger partial charge is 0.251 e. The van der Waals surface area contributed by atoms with Crippen LogP contribution in [0.1, 0.15) is 52.0 Å². The normalized spacial score (nSPS) is 11.7. The second-order valence-corrected chi connectivity index (χ2v) is 6.31. The summed E-state index contributed by atoms with van der Waals surface area (Å²) in [6.07, 6.45) is 3.31. The molecule has 0 unspecified atom stereocenters. The summed E-state index contributed by atoms with van der Waals surface area (Å²) in [5, 5.41) is 3.16. The van der Waals surface area contributed by atoms with Crippen molar-refractivity contribution in [3.8, 4) is 5.75 Å². The van der Waals surface area contributed by atoms with Crippen LogP contribution in [0.2, 0.25) is 0 Å². The Bertz CT molecular complexity index is 765. The van der Waals surface area contributed by atoms with E-state index in [1.165, 1.54) is 16.7 Å². The fourth-order valence-electron chi connectivity index (χ4n) is 3.09. The molecule has 0 aliphatic heterocycles. The van der Waals surface area contributed by atoms with E-state index in [1.54, 1.807) is 13.2 Å². The molecule has 0 heterocycles. The van der Waals surface area contributed by atoms with Gasteiger partial charge in [-0.2, -0.15) is 0 Å². The summed E-state index contributed by atoms with van der Waals surface area (Å²) in [7, 11) is 1.63. The molecule has 2 aromatic carbocycles. The quantitative estimate of drug-likeness (QED) is 0.728. The molecule has 0 saturated heterocycles. The number of carbonyl (C=O) groups is 1. The van der Waals surface area contributed by atoms with Crippen LogP contribution in [0.3, 0.4) is 0 Å². The third kappa shape index (κ3) is 4.50. The van der Waals surface area contributed by atoms with Gasteiger partial charge < -0.3 is 10.1 Å². The largest absolute Gasteiger partial charge is 0.496 e. The summed E-state index contributed by atoms with van der Waals surface area (Å²) in [4.78, 5) is 12.7. The third-order valence-corrected chi connectivity index (χ3v) is 4.42. The number of allylic oxidation sites excluding steroid dienone is 1. The molecule has 0 radical (unpaired) electrons. The highest BCUT2D eigenvalue weighted by Gasteiger charge is 2.17. The summed E-state index contributed by atoms with van der Waals surface area (Å²) in [6, 6.07) is 11.9. The van der Waals surface area contributed by atoms with E-state index in [-0.39, 0.29) is 11.9 Å². The number of rotatable bonds is 7. The number of hydrogen-bond acceptors (Lipinski definition) is 2. The molecule has 0 aliphatic rings. The first-order valence-corrected chi connectivity index (χ1v) is 8.66. The van der Waals surface area contributed by atoms with E-state index in [2.05, 4.69) is 50.9 Å². The second-order valence-electron chi connectivity index (χ2n) is 6.31. The van der Waals surface area contributed by atoms with Crippen LogP contribution in [0.25, 0.3) is 0 Å². The molecule has 2 aromatic rings. The zero-order valence-corrected chi connectivity index (χ0v) is 15.6. The monoisotopic (exact) mass is 337 g/mol. The Morgan fingerprint density at radius 1 is 1.24 bits per heavy atom. The number of amides is 1. The maximum Gasteiger partial charge on any atom is 0.251 e. The maximum absolute atomic E-state index is 12.7. The van der Waals surface area contributed by atoms with Gasteiger partial charge in [0.1, 0.15) is 5.75 Å². The van der Waals surface area contributed by atoms with Crippen LogP contribution >= 0.6 is 0 Å². The Balaban J connectivity index is 2.24. The van der Waals surface area contributed by atoms with Gasteiger partial charge in [-0.15, -0.1) is 6.58 Å². The molecule has 2 rings (SSSR count). The van der Waals surface area contributed by atoms with E-state index in [9.17, 15) is 4.79 Å². The van der Waals surface area contributed by atoms with Gasteiger partial charge in [-0.25, -0.2) is 0 Å². The molecule has 25 heavy (non-hydrogen) atoms. The van der Waals surface area contributed by atoms with Crippen molar-refractivity contribution < 1.29 is 9.53 Å². The molecule has 1 N–H and O–H groups in total. The lowest BCUT2D eigenvalue weighted by Crippen LogP contribution is -2.28. The number of benzene rings is 2. The minimum Gasteiger partial charge on any atom is -0.496 e. The van der Waals surface area contributed by atoms with E-state index in [4.69, 9.17) is 4.74 Å². The number of ether oxygens (including phenoxy) is 1. The molecule has 132 valence electrons. The second kappa shape index (κ2) is 8.52. The van der Waals surface area contributed by atoms with Crippen LogP contribution in [-0.4, -0.2) is 13.0 Å². The first kappa shape index (κ1) is 18.8. The Hall–Kier alpha value is -2.55. The van der Waals surface area contributed by atoms with E-state index >= 15 is 0 Å². The highest BCUT2D eigenvalue weighted by molar-refractivity contribution is 5.94. The van der Waals surface area contributed by atoms with E-state index < -0.39 is 0 Å². The van der Waals surface area contributed by atoms with E-state index in [0.29, 0.717) is 12.0 Å². The topological polar surface area (TPSA) is 38.3 Å². The number of carbonyl (C=O) groups excluding carboxylic acids is 1. The van der Waals surface area contributed by atoms with Crippen molar-refractivity contribution in [3.63, 3.8) is 0 Å². The van der Waals surface area contributed by atoms with Gasteiger partial charge in [0.2, 0.25) is 0 Å². The average Bonchev–Trinajstić information content (AvgIpc) is 2.60. The summed E-state index contributed by atoms with van der Waals surface area (Å²) < 4.78 is 5.35. The summed E-state index contributed by atoms with van der Waals surface area (Å²) >= 11 is 0. The van der Waals surface area contributed by atoms with Crippen molar-refractivity contribution >= 4 is 5.91 Å². The Kier molecular flexibility index (Phi) is 6.40. The third-order valence-electron chi connectivity index (χ3n) is 4.42. The van der Waals surface area contributed by atoms with Crippen LogP contribution in [0.4, 0.5) is 0 Å². The molecular weight excluding hydrogens is 310 g/mol. The minimum atomic E-state index is -0.0696. The molecule has 0 fully saturated rings. The van der Waals surface area contributed by atoms with Crippen LogP contribution in [0.15, 0.2) is 49.1 Å². The molecule has 0 saturated carbocycles. The number of aryl methyl sites for hydroxylation is 2. The van der Waals surface area contributed by atoms with Gasteiger partial charge in [-0.05, 0) is 61.6 Å².